The van der Waals surface area contributed by atoms with Crippen molar-refractivity contribution in [2.24, 2.45) is 0 Å². The summed E-state index contributed by atoms with van der Waals surface area (Å²) >= 11 is 7.13. The van der Waals surface area contributed by atoms with Crippen LogP contribution in [0.3, 0.4) is 0 Å². The number of hydrogen-bond acceptors (Lipinski definition) is 3. The quantitative estimate of drug-likeness (QED) is 0.583. The first-order chi connectivity index (χ1) is 12.2. The maximum Gasteiger partial charge on any atom is 0.0816 e. The molecule has 4 rings (SSSR count). The van der Waals surface area contributed by atoms with Gasteiger partial charge in [-0.15, -0.1) is 24.8 Å². The van der Waals surface area contributed by atoms with Crippen LogP contribution in [0.4, 0.5) is 0 Å². The lowest BCUT2D eigenvalue weighted by Gasteiger charge is -2.36. The highest BCUT2D eigenvalue weighted by Crippen LogP contribution is 2.38. The molecule has 7 heteroatoms. The Balaban J connectivity index is 0.00000131. The third-order valence-corrected chi connectivity index (χ3v) is 5.99. The van der Waals surface area contributed by atoms with Gasteiger partial charge in [0.15, 0.2) is 0 Å². The van der Waals surface area contributed by atoms with Crippen molar-refractivity contribution in [3.8, 4) is 0 Å². The van der Waals surface area contributed by atoms with Crippen LogP contribution < -0.4 is 5.32 Å². The standard InChI is InChI=1S/C20H22Br2N2O.2ClH/c21-16-9-14(10-17(22)12-16)13-25-19-11-15-3-1-2-4-18(15)20(19)24-7-5-23-6-8-24;;/h1-4,9-10,12,19-20,23H,5-8,11,13H2;2*1H/t19-,20+;;/m1../s1. The summed E-state index contributed by atoms with van der Waals surface area (Å²) in [5, 5.41) is 3.45. The van der Waals surface area contributed by atoms with E-state index in [1.165, 1.54) is 16.7 Å². The summed E-state index contributed by atoms with van der Waals surface area (Å²) in [6, 6.07) is 15.5. The average molecular weight is 539 g/mol. The highest BCUT2D eigenvalue weighted by atomic mass is 79.9. The first kappa shape index (κ1) is 23.1. The summed E-state index contributed by atoms with van der Waals surface area (Å²) in [7, 11) is 0. The number of piperazine rings is 1. The number of halogens is 4. The Kier molecular flexibility index (Phi) is 9.07. The molecule has 27 heavy (non-hydrogen) atoms. The van der Waals surface area contributed by atoms with Crippen molar-refractivity contribution in [2.45, 2.75) is 25.2 Å². The molecule has 0 spiro atoms. The molecule has 3 nitrogen and oxygen atoms in total. The minimum absolute atomic E-state index is 0. The molecule has 1 N–H and O–H groups in total. The smallest absolute Gasteiger partial charge is 0.0816 e. The summed E-state index contributed by atoms with van der Waals surface area (Å²) in [6.45, 7) is 4.93. The lowest BCUT2D eigenvalue weighted by Crippen LogP contribution is -2.47. The molecule has 1 aliphatic carbocycles. The van der Waals surface area contributed by atoms with Gasteiger partial charge in [0.05, 0.1) is 18.8 Å². The maximum atomic E-state index is 6.44. The van der Waals surface area contributed by atoms with E-state index in [0.717, 1.165) is 41.5 Å². The van der Waals surface area contributed by atoms with Gasteiger partial charge in [-0.05, 0) is 34.9 Å². The van der Waals surface area contributed by atoms with Crippen LogP contribution in [0.1, 0.15) is 22.7 Å². The Labute approximate surface area is 190 Å². The van der Waals surface area contributed by atoms with Crippen LogP contribution in [-0.4, -0.2) is 37.2 Å². The third kappa shape index (κ3) is 5.47. The molecule has 2 aliphatic rings. The number of hydrogen-bond donors (Lipinski definition) is 1. The molecule has 1 heterocycles. The lowest BCUT2D eigenvalue weighted by molar-refractivity contribution is -0.0188. The molecule has 2 aromatic carbocycles. The number of rotatable bonds is 4. The zero-order valence-corrected chi connectivity index (χ0v) is 19.7. The van der Waals surface area contributed by atoms with Gasteiger partial charge in [-0.2, -0.15) is 0 Å². The van der Waals surface area contributed by atoms with Gasteiger partial charge in [0, 0.05) is 41.5 Å². The fourth-order valence-corrected chi connectivity index (χ4v) is 5.37. The zero-order chi connectivity index (χ0) is 17.2. The second kappa shape index (κ2) is 10.6. The molecule has 0 bridgehead atoms. The predicted molar refractivity (Wildman–Crippen MR) is 122 cm³/mol. The van der Waals surface area contributed by atoms with Gasteiger partial charge in [-0.1, -0.05) is 56.1 Å². The van der Waals surface area contributed by atoms with Crippen LogP contribution in [0.2, 0.25) is 0 Å². The largest absolute Gasteiger partial charge is 0.371 e. The average Bonchev–Trinajstić information content (AvgIpc) is 2.98. The van der Waals surface area contributed by atoms with Gasteiger partial charge >= 0.3 is 0 Å². The van der Waals surface area contributed by atoms with E-state index < -0.39 is 0 Å². The molecule has 0 saturated carbocycles. The van der Waals surface area contributed by atoms with Crippen LogP contribution in [0.5, 0.6) is 0 Å². The molecule has 0 radical (unpaired) electrons. The number of fused-ring (bicyclic) bond motifs is 1. The molecule has 0 unspecified atom stereocenters. The molecule has 2 aromatic rings. The number of nitrogens with zero attached hydrogens (tertiary/aromatic N) is 1. The van der Waals surface area contributed by atoms with E-state index in [1.807, 2.05) is 0 Å². The number of nitrogens with one attached hydrogen (secondary N) is 1. The van der Waals surface area contributed by atoms with Gasteiger partial charge in [0.2, 0.25) is 0 Å². The van der Waals surface area contributed by atoms with E-state index in [2.05, 4.69) is 84.5 Å². The Hall–Kier alpha value is -0.140. The third-order valence-electron chi connectivity index (χ3n) is 5.08. The van der Waals surface area contributed by atoms with Crippen molar-refractivity contribution in [1.82, 2.24) is 10.2 Å². The molecule has 0 amide bonds. The van der Waals surface area contributed by atoms with Crippen molar-refractivity contribution in [1.29, 1.82) is 0 Å². The van der Waals surface area contributed by atoms with Crippen molar-refractivity contribution < 1.29 is 4.74 Å². The summed E-state index contributed by atoms with van der Waals surface area (Å²) in [6.07, 6.45) is 1.22. The SMILES string of the molecule is Brc1cc(Br)cc(CO[C@@H]2Cc3ccccc3[C@@H]2N2CCNCC2)c1.Cl.Cl. The van der Waals surface area contributed by atoms with Crippen LogP contribution in [0.15, 0.2) is 51.4 Å². The molecule has 1 aliphatic heterocycles. The highest BCUT2D eigenvalue weighted by Gasteiger charge is 2.37. The van der Waals surface area contributed by atoms with Gasteiger partial charge in [0.1, 0.15) is 0 Å². The summed E-state index contributed by atoms with van der Waals surface area (Å²) in [4.78, 5) is 2.59. The summed E-state index contributed by atoms with van der Waals surface area (Å²) in [5.41, 5.74) is 4.08. The normalized spacial score (nSPS) is 21.9. The van der Waals surface area contributed by atoms with E-state index in [0.29, 0.717) is 12.6 Å². The Morgan fingerprint density at radius 2 is 1.67 bits per heavy atom. The summed E-state index contributed by atoms with van der Waals surface area (Å²) in [5.74, 6) is 0. The molecule has 148 valence electrons. The van der Waals surface area contributed by atoms with Gasteiger partial charge < -0.3 is 10.1 Å². The second-order valence-corrected chi connectivity index (χ2v) is 8.59. The number of ether oxygens (including phenoxy) is 1. The molecule has 2 atom stereocenters. The van der Waals surface area contributed by atoms with E-state index in [9.17, 15) is 0 Å². The van der Waals surface area contributed by atoms with E-state index in [1.54, 1.807) is 0 Å². The number of benzene rings is 2. The van der Waals surface area contributed by atoms with Crippen LogP contribution in [0, 0.1) is 0 Å². The Morgan fingerprint density at radius 3 is 2.37 bits per heavy atom. The summed E-state index contributed by atoms with van der Waals surface area (Å²) < 4.78 is 8.60. The van der Waals surface area contributed by atoms with E-state index >= 15 is 0 Å². The fraction of sp³-hybridized carbons (Fsp3) is 0.400. The Morgan fingerprint density at radius 1 is 1.00 bits per heavy atom. The Bertz CT molecular complexity index is 736. The molecule has 1 fully saturated rings. The van der Waals surface area contributed by atoms with Crippen LogP contribution >= 0.6 is 56.7 Å². The lowest BCUT2D eigenvalue weighted by atomic mass is 10.1. The van der Waals surface area contributed by atoms with Crippen LogP contribution in [0.25, 0.3) is 0 Å². The highest BCUT2D eigenvalue weighted by molar-refractivity contribution is 9.11. The minimum Gasteiger partial charge on any atom is -0.371 e. The van der Waals surface area contributed by atoms with Crippen molar-refractivity contribution in [3.63, 3.8) is 0 Å². The molecular formula is C20H24Br2Cl2N2O. The second-order valence-electron chi connectivity index (χ2n) is 6.76. The van der Waals surface area contributed by atoms with Gasteiger partial charge in [-0.25, -0.2) is 0 Å². The van der Waals surface area contributed by atoms with Gasteiger partial charge in [-0.3, -0.25) is 4.90 Å². The molecule has 1 saturated heterocycles. The monoisotopic (exact) mass is 536 g/mol. The molecular weight excluding hydrogens is 515 g/mol. The topological polar surface area (TPSA) is 24.5 Å². The first-order valence-electron chi connectivity index (χ1n) is 8.80. The van der Waals surface area contributed by atoms with Crippen molar-refractivity contribution in [3.05, 3.63) is 68.1 Å². The van der Waals surface area contributed by atoms with Crippen molar-refractivity contribution in [2.75, 3.05) is 26.2 Å². The van der Waals surface area contributed by atoms with E-state index in [-0.39, 0.29) is 30.9 Å². The maximum absolute atomic E-state index is 6.44. The first-order valence-corrected chi connectivity index (χ1v) is 10.4. The molecule has 0 aromatic heterocycles. The zero-order valence-electron chi connectivity index (χ0n) is 14.9. The minimum atomic E-state index is 0. The fourth-order valence-electron chi connectivity index (χ4n) is 3.98. The predicted octanol–water partition coefficient (Wildman–Crippen LogP) is 5.14. The van der Waals surface area contributed by atoms with Crippen molar-refractivity contribution >= 4 is 56.7 Å². The van der Waals surface area contributed by atoms with Gasteiger partial charge in [0.25, 0.3) is 0 Å². The van der Waals surface area contributed by atoms with Crippen LogP contribution in [-0.2, 0) is 17.8 Å². The van der Waals surface area contributed by atoms with E-state index in [4.69, 9.17) is 4.74 Å².